The highest BCUT2D eigenvalue weighted by Crippen LogP contribution is 2.37. The minimum Gasteiger partial charge on any atom is -0.490 e. The lowest BCUT2D eigenvalue weighted by Gasteiger charge is -2.30. The predicted molar refractivity (Wildman–Crippen MR) is 131 cm³/mol. The number of hydrogen-bond acceptors (Lipinski definition) is 4. The Labute approximate surface area is 201 Å². The quantitative estimate of drug-likeness (QED) is 0.559. The molecule has 1 aliphatic carbocycles. The summed E-state index contributed by atoms with van der Waals surface area (Å²) in [5.74, 6) is 1.90. The predicted octanol–water partition coefficient (Wildman–Crippen LogP) is 5.07. The molecule has 6 nitrogen and oxygen atoms in total. The maximum atomic E-state index is 12.4. The van der Waals surface area contributed by atoms with E-state index >= 15 is 0 Å². The number of rotatable bonds is 6. The molecule has 0 spiro atoms. The molecule has 178 valence electrons. The number of hydrogen-bond donors (Lipinski definition) is 1. The second kappa shape index (κ2) is 9.92. The number of aryl methyl sites for hydroxylation is 3. The Morgan fingerprint density at radius 3 is 2.59 bits per heavy atom. The average Bonchev–Trinajstić information content (AvgIpc) is 3.16. The fourth-order valence-electron chi connectivity index (χ4n) is 5.10. The van der Waals surface area contributed by atoms with Gasteiger partial charge in [0.25, 0.3) is 0 Å². The van der Waals surface area contributed by atoms with Crippen molar-refractivity contribution in [3.63, 3.8) is 0 Å². The molecule has 1 atom stereocenters. The van der Waals surface area contributed by atoms with Gasteiger partial charge in [0, 0.05) is 11.7 Å². The number of nitrogens with one attached hydrogen (secondary N) is 1. The summed E-state index contributed by atoms with van der Waals surface area (Å²) >= 11 is 0. The maximum absolute atomic E-state index is 12.4. The van der Waals surface area contributed by atoms with Crippen molar-refractivity contribution in [3.8, 4) is 11.5 Å². The van der Waals surface area contributed by atoms with Crippen molar-refractivity contribution >= 4 is 5.91 Å². The van der Waals surface area contributed by atoms with Crippen LogP contribution in [-0.2, 0) is 17.8 Å². The van der Waals surface area contributed by atoms with E-state index in [1.54, 1.807) is 4.68 Å². The molecule has 34 heavy (non-hydrogen) atoms. The van der Waals surface area contributed by atoms with E-state index < -0.39 is 0 Å². The molecule has 1 aromatic heterocycles. The summed E-state index contributed by atoms with van der Waals surface area (Å²) in [6, 6.07) is 18.8. The van der Waals surface area contributed by atoms with E-state index in [0.717, 1.165) is 61.4 Å². The first-order chi connectivity index (χ1) is 16.5. The van der Waals surface area contributed by atoms with Crippen molar-refractivity contribution in [2.75, 3.05) is 0 Å². The van der Waals surface area contributed by atoms with Crippen LogP contribution < -0.4 is 14.8 Å². The normalized spacial score (nSPS) is 21.9. The van der Waals surface area contributed by atoms with Gasteiger partial charge in [0.15, 0.2) is 0 Å². The first-order valence-corrected chi connectivity index (χ1v) is 12.3. The van der Waals surface area contributed by atoms with Crippen molar-refractivity contribution in [2.45, 2.75) is 77.2 Å². The number of amides is 1. The molecule has 1 fully saturated rings. The number of carbonyl (C=O) groups excluding carboxylic acids is 1. The van der Waals surface area contributed by atoms with E-state index in [0.29, 0.717) is 0 Å². The standard InChI is InChI=1S/C28H33N3O3/c1-19-16-20(2)31(30-19)18-28(32)29-23-9-11-24(12-10-23)33-25-13-15-27-22(17-25)8-14-26(34-27)21-6-4-3-5-7-21/h3-7,13,15-17,23-24,26H,8-12,14,18H2,1-2H3,(H,29,32)/t23-,24-,26?. The third-order valence-electron chi connectivity index (χ3n) is 6.89. The molecule has 1 saturated carbocycles. The largest absolute Gasteiger partial charge is 0.490 e. The SMILES string of the molecule is Cc1cc(C)n(CC(=O)N[C@H]2CC[C@H](Oc3ccc4c(c3)CCC(c3ccccc3)O4)CC2)n1. The van der Waals surface area contributed by atoms with Crippen LogP contribution in [-0.4, -0.2) is 27.8 Å². The van der Waals surface area contributed by atoms with Gasteiger partial charge in [-0.3, -0.25) is 9.48 Å². The molecule has 1 amide bonds. The van der Waals surface area contributed by atoms with Crippen LogP contribution in [0.4, 0.5) is 0 Å². The lowest BCUT2D eigenvalue weighted by molar-refractivity contribution is -0.122. The maximum Gasteiger partial charge on any atom is 0.241 e. The van der Waals surface area contributed by atoms with Gasteiger partial charge in [-0.2, -0.15) is 5.10 Å². The third-order valence-corrected chi connectivity index (χ3v) is 6.89. The summed E-state index contributed by atoms with van der Waals surface area (Å²) in [5.41, 5.74) is 4.39. The second-order valence-electron chi connectivity index (χ2n) is 9.57. The minimum atomic E-state index is 0.0269. The van der Waals surface area contributed by atoms with Crippen molar-refractivity contribution in [3.05, 3.63) is 77.1 Å². The summed E-state index contributed by atoms with van der Waals surface area (Å²) < 4.78 is 14.3. The topological polar surface area (TPSA) is 65.4 Å². The molecule has 0 radical (unpaired) electrons. The fourth-order valence-corrected chi connectivity index (χ4v) is 5.10. The Kier molecular flexibility index (Phi) is 6.57. The first kappa shape index (κ1) is 22.5. The number of fused-ring (bicyclic) bond motifs is 1. The molecule has 6 heteroatoms. The monoisotopic (exact) mass is 459 g/mol. The third kappa shape index (κ3) is 5.27. The Bertz CT molecular complexity index is 1130. The van der Waals surface area contributed by atoms with Crippen LogP contribution >= 0.6 is 0 Å². The highest BCUT2D eigenvalue weighted by molar-refractivity contribution is 5.76. The van der Waals surface area contributed by atoms with Crippen LogP contribution in [0.15, 0.2) is 54.6 Å². The van der Waals surface area contributed by atoms with Gasteiger partial charge in [-0.25, -0.2) is 0 Å². The van der Waals surface area contributed by atoms with Crippen molar-refractivity contribution in [1.29, 1.82) is 0 Å². The van der Waals surface area contributed by atoms with Crippen molar-refractivity contribution in [1.82, 2.24) is 15.1 Å². The molecule has 1 aliphatic heterocycles. The number of benzene rings is 2. The van der Waals surface area contributed by atoms with Crippen LogP contribution in [0.25, 0.3) is 0 Å². The second-order valence-corrected chi connectivity index (χ2v) is 9.57. The van der Waals surface area contributed by atoms with Gasteiger partial charge in [0.2, 0.25) is 5.91 Å². The Morgan fingerprint density at radius 1 is 1.06 bits per heavy atom. The summed E-state index contributed by atoms with van der Waals surface area (Å²) in [5, 5.41) is 7.55. The van der Waals surface area contributed by atoms with Crippen molar-refractivity contribution in [2.24, 2.45) is 0 Å². The van der Waals surface area contributed by atoms with Crippen molar-refractivity contribution < 1.29 is 14.3 Å². The van der Waals surface area contributed by atoms with Crippen LogP contribution in [0, 0.1) is 13.8 Å². The Balaban J connectivity index is 1.10. The van der Waals surface area contributed by atoms with E-state index in [-0.39, 0.29) is 30.7 Å². The van der Waals surface area contributed by atoms with E-state index in [1.165, 1.54) is 11.1 Å². The summed E-state index contributed by atoms with van der Waals surface area (Å²) in [4.78, 5) is 12.4. The molecular formula is C28H33N3O3. The summed E-state index contributed by atoms with van der Waals surface area (Å²) in [7, 11) is 0. The molecule has 1 N–H and O–H groups in total. The number of aromatic nitrogens is 2. The molecule has 2 aromatic carbocycles. The minimum absolute atomic E-state index is 0.0269. The first-order valence-electron chi connectivity index (χ1n) is 12.3. The lowest BCUT2D eigenvalue weighted by atomic mass is 9.92. The molecule has 2 heterocycles. The summed E-state index contributed by atoms with van der Waals surface area (Å²) in [6.45, 7) is 4.20. The van der Waals surface area contributed by atoms with Gasteiger partial charge in [0.1, 0.15) is 24.1 Å². The Morgan fingerprint density at radius 2 is 1.85 bits per heavy atom. The molecule has 0 bridgehead atoms. The average molecular weight is 460 g/mol. The van der Waals surface area contributed by atoms with Gasteiger partial charge in [-0.05, 0) is 87.8 Å². The molecule has 1 unspecified atom stereocenters. The molecular weight excluding hydrogens is 426 g/mol. The van der Waals surface area contributed by atoms with Crippen LogP contribution in [0.2, 0.25) is 0 Å². The van der Waals surface area contributed by atoms with E-state index in [1.807, 2.05) is 38.1 Å². The van der Waals surface area contributed by atoms with E-state index in [9.17, 15) is 4.79 Å². The van der Waals surface area contributed by atoms with E-state index in [4.69, 9.17) is 9.47 Å². The number of carbonyl (C=O) groups is 1. The molecule has 3 aromatic rings. The smallest absolute Gasteiger partial charge is 0.241 e. The zero-order chi connectivity index (χ0) is 23.5. The zero-order valence-corrected chi connectivity index (χ0v) is 20.0. The van der Waals surface area contributed by atoms with Crippen LogP contribution in [0.1, 0.15) is 60.7 Å². The molecule has 5 rings (SSSR count). The van der Waals surface area contributed by atoms with Gasteiger partial charge in [-0.1, -0.05) is 30.3 Å². The fraction of sp³-hybridized carbons (Fsp3) is 0.429. The van der Waals surface area contributed by atoms with Gasteiger partial charge < -0.3 is 14.8 Å². The summed E-state index contributed by atoms with van der Waals surface area (Å²) in [6.07, 6.45) is 6.00. The van der Waals surface area contributed by atoms with Crippen LogP contribution in [0.3, 0.4) is 0 Å². The lowest BCUT2D eigenvalue weighted by Crippen LogP contribution is -2.41. The van der Waals surface area contributed by atoms with Gasteiger partial charge in [0.05, 0.1) is 11.8 Å². The van der Waals surface area contributed by atoms with E-state index in [2.05, 4.69) is 40.7 Å². The molecule has 0 saturated heterocycles. The number of ether oxygens (including phenoxy) is 2. The van der Waals surface area contributed by atoms with Gasteiger partial charge >= 0.3 is 0 Å². The Hall–Kier alpha value is -3.28. The molecule has 2 aliphatic rings. The zero-order valence-electron chi connectivity index (χ0n) is 20.0. The number of nitrogens with zero attached hydrogens (tertiary/aromatic N) is 2. The highest BCUT2D eigenvalue weighted by atomic mass is 16.5. The highest BCUT2D eigenvalue weighted by Gasteiger charge is 2.25. The van der Waals surface area contributed by atoms with Gasteiger partial charge in [-0.15, -0.1) is 0 Å². The van der Waals surface area contributed by atoms with Crippen LogP contribution in [0.5, 0.6) is 11.5 Å².